The summed E-state index contributed by atoms with van der Waals surface area (Å²) in [6, 6.07) is 6.49. The fraction of sp³-hybridized carbons (Fsp3) is 0.250. The smallest absolute Gasteiger partial charge is 0.117 e. The average Bonchev–Trinajstić information content (AvgIpc) is 1.95. The highest BCUT2D eigenvalue weighted by atomic mass is 127. The third-order valence-electron chi connectivity index (χ3n) is 1.71. The first kappa shape index (κ1) is 8.27. The van der Waals surface area contributed by atoms with Crippen molar-refractivity contribution in [3.05, 3.63) is 29.3 Å². The zero-order valence-corrected chi connectivity index (χ0v) is 9.27. The van der Waals surface area contributed by atoms with E-state index in [4.69, 9.17) is 0 Å². The monoisotopic (exact) mass is 260 g/mol. The molecule has 1 aromatic rings. The van der Waals surface area contributed by atoms with Gasteiger partial charge in [0.1, 0.15) is 0 Å². The molecule has 2 radical (unpaired) electrons. The van der Waals surface area contributed by atoms with Crippen LogP contribution in [-0.4, -0.2) is 7.02 Å². The van der Waals surface area contributed by atoms with Crippen LogP contribution in [0.3, 0.4) is 0 Å². The Kier molecular flexibility index (Phi) is 2.91. The number of benzene rings is 1. The zero-order valence-electron chi connectivity index (χ0n) is 6.11. The Morgan fingerprint density at radius 2 is 2.00 bits per heavy atom. The lowest BCUT2D eigenvalue weighted by Crippen LogP contribution is -2.12. The summed E-state index contributed by atoms with van der Waals surface area (Å²) in [6.07, 6.45) is 0. The van der Waals surface area contributed by atoms with Crippen molar-refractivity contribution < 1.29 is 0 Å². The Morgan fingerprint density at radius 3 is 2.50 bits per heavy atom. The van der Waals surface area contributed by atoms with Gasteiger partial charge in [-0.15, -0.1) is 21.8 Å². The largest absolute Gasteiger partial charge is 0.169 e. The van der Waals surface area contributed by atoms with E-state index in [0.717, 1.165) is 7.02 Å². The quantitative estimate of drug-likeness (QED) is 0.411. The van der Waals surface area contributed by atoms with Gasteiger partial charge in [-0.25, -0.2) is 0 Å². The highest BCUT2D eigenvalue weighted by Gasteiger charge is 1.97. The van der Waals surface area contributed by atoms with E-state index in [1.54, 1.807) is 0 Å². The highest BCUT2D eigenvalue weighted by molar-refractivity contribution is 14.1. The van der Waals surface area contributed by atoms with E-state index in [2.05, 4.69) is 53.8 Å². The summed E-state index contributed by atoms with van der Waals surface area (Å²) in [5.74, 6) is 0. The van der Waals surface area contributed by atoms with E-state index in [9.17, 15) is 0 Å². The average molecular weight is 260 g/mol. The molecule has 1 aromatic carbocycles. The molecule has 52 valence electrons. The second kappa shape index (κ2) is 3.53. The molecule has 0 bridgehead atoms. The molecule has 10 heavy (non-hydrogen) atoms. The van der Waals surface area contributed by atoms with E-state index in [1.165, 1.54) is 16.3 Å². The van der Waals surface area contributed by atoms with Crippen LogP contribution in [0.2, 0.25) is 0 Å². The summed E-state index contributed by atoms with van der Waals surface area (Å²) in [5, 5.41) is 1.49. The fourth-order valence-electron chi connectivity index (χ4n) is 0.853. The van der Waals surface area contributed by atoms with Crippen LogP contribution in [0, 0.1) is 13.8 Å². The Morgan fingerprint density at radius 1 is 1.30 bits per heavy atom. The first-order valence-electron chi connectivity index (χ1n) is 3.18. The summed E-state index contributed by atoms with van der Waals surface area (Å²) in [6.45, 7) is 4.35. The molecule has 0 N–H and O–H groups in total. The van der Waals surface area contributed by atoms with Gasteiger partial charge >= 0.3 is 0 Å². The summed E-state index contributed by atoms with van der Waals surface area (Å²) in [4.78, 5) is 0. The molecule has 0 heterocycles. The van der Waals surface area contributed by atoms with Gasteiger partial charge < -0.3 is 0 Å². The summed E-state index contributed by atoms with van der Waals surface area (Å²) >= 11 is 2.42. The minimum Gasteiger partial charge on any atom is -0.117 e. The first-order valence-corrected chi connectivity index (χ1v) is 7.30. The molecule has 1 rings (SSSR count). The lowest BCUT2D eigenvalue weighted by molar-refractivity contribution is 1.37. The number of halogens is 1. The van der Waals surface area contributed by atoms with Crippen LogP contribution in [0.15, 0.2) is 18.2 Å². The maximum Gasteiger partial charge on any atom is 0.169 e. The van der Waals surface area contributed by atoms with Gasteiger partial charge in [0.15, 0.2) is 7.02 Å². The van der Waals surface area contributed by atoms with Gasteiger partial charge in [-0.3, -0.25) is 0 Å². The Bertz CT molecular complexity index is 233. The molecule has 0 aliphatic carbocycles. The van der Waals surface area contributed by atoms with Crippen LogP contribution >= 0.6 is 21.8 Å². The highest BCUT2D eigenvalue weighted by Crippen LogP contribution is 2.02. The van der Waals surface area contributed by atoms with Gasteiger partial charge in [0.05, 0.1) is 0 Å². The van der Waals surface area contributed by atoms with Crippen molar-refractivity contribution >= 4 is 34.0 Å². The van der Waals surface area contributed by atoms with Crippen molar-refractivity contribution in [2.24, 2.45) is 0 Å². The maximum atomic E-state index is 2.42. The molecular formula is C8H9ISi. The van der Waals surface area contributed by atoms with Crippen LogP contribution < -0.4 is 5.19 Å². The zero-order chi connectivity index (χ0) is 7.56. The molecule has 2 heteroatoms. The number of rotatable bonds is 1. The van der Waals surface area contributed by atoms with Gasteiger partial charge in [0.2, 0.25) is 0 Å². The molecule has 0 spiro atoms. The summed E-state index contributed by atoms with van der Waals surface area (Å²) < 4.78 is 0. The molecule has 0 nitrogen and oxygen atoms in total. The number of aryl methyl sites for hydroxylation is 1. The topological polar surface area (TPSA) is 0 Å². The van der Waals surface area contributed by atoms with Crippen LogP contribution in [0.25, 0.3) is 0 Å². The van der Waals surface area contributed by atoms with E-state index in [-0.39, 0.29) is 0 Å². The van der Waals surface area contributed by atoms with Crippen molar-refractivity contribution in [2.45, 2.75) is 13.8 Å². The number of hydrogen-bond donors (Lipinski definition) is 0. The van der Waals surface area contributed by atoms with Crippen molar-refractivity contribution in [1.82, 2.24) is 0 Å². The third kappa shape index (κ3) is 1.60. The van der Waals surface area contributed by atoms with Crippen LogP contribution in [0.4, 0.5) is 0 Å². The molecule has 0 atom stereocenters. The second-order valence-electron chi connectivity index (χ2n) is 2.34. The molecule has 0 saturated heterocycles. The Balaban J connectivity index is 3.14. The summed E-state index contributed by atoms with van der Waals surface area (Å²) in [7, 11) is 0.895. The minimum atomic E-state index is 0.895. The molecule has 0 aromatic heterocycles. The van der Waals surface area contributed by atoms with Gasteiger partial charge in [-0.2, -0.15) is 0 Å². The van der Waals surface area contributed by atoms with Crippen molar-refractivity contribution in [3.8, 4) is 0 Å². The van der Waals surface area contributed by atoms with Gasteiger partial charge in [-0.1, -0.05) is 18.2 Å². The second-order valence-corrected chi connectivity index (χ2v) is 4.69. The standard InChI is InChI=1S/C8H9ISi/c1-6-4-3-5-8(10-9)7(6)2/h3-5H,1-2H3. The molecule has 0 aliphatic heterocycles. The molecule has 0 amide bonds. The lowest BCUT2D eigenvalue weighted by Gasteiger charge is -2.02. The maximum absolute atomic E-state index is 2.42. The van der Waals surface area contributed by atoms with Crippen LogP contribution in [0.1, 0.15) is 11.1 Å². The SMILES string of the molecule is Cc1cccc([Si]I)c1C. The van der Waals surface area contributed by atoms with E-state index in [1.807, 2.05) is 0 Å². The molecule has 0 fully saturated rings. The molecule has 0 unspecified atom stereocenters. The van der Waals surface area contributed by atoms with Gasteiger partial charge in [0.25, 0.3) is 0 Å². The van der Waals surface area contributed by atoms with Crippen LogP contribution in [0.5, 0.6) is 0 Å². The first-order chi connectivity index (χ1) is 4.75. The predicted octanol–water partition coefficient (Wildman–Crippen LogP) is 1.98. The van der Waals surface area contributed by atoms with Crippen molar-refractivity contribution in [3.63, 3.8) is 0 Å². The Hall–Kier alpha value is 0.167. The molecule has 0 saturated carbocycles. The van der Waals surface area contributed by atoms with Crippen LogP contribution in [-0.2, 0) is 0 Å². The fourth-order valence-corrected chi connectivity index (χ4v) is 3.10. The molecular weight excluding hydrogens is 251 g/mol. The van der Waals surface area contributed by atoms with E-state index >= 15 is 0 Å². The number of hydrogen-bond acceptors (Lipinski definition) is 0. The van der Waals surface area contributed by atoms with E-state index < -0.39 is 0 Å². The Labute approximate surface area is 77.1 Å². The lowest BCUT2D eigenvalue weighted by atomic mass is 10.1. The molecule has 0 aliphatic rings. The minimum absolute atomic E-state index is 0.895. The normalized spacial score (nSPS) is 9.90. The third-order valence-corrected chi connectivity index (χ3v) is 4.19. The van der Waals surface area contributed by atoms with E-state index in [0.29, 0.717) is 0 Å². The summed E-state index contributed by atoms with van der Waals surface area (Å²) in [5.41, 5.74) is 2.86. The van der Waals surface area contributed by atoms with Crippen molar-refractivity contribution in [2.75, 3.05) is 0 Å². The van der Waals surface area contributed by atoms with Gasteiger partial charge in [-0.05, 0) is 30.2 Å². The predicted molar refractivity (Wildman–Crippen MR) is 55.3 cm³/mol. The van der Waals surface area contributed by atoms with Gasteiger partial charge in [0, 0.05) is 0 Å². The van der Waals surface area contributed by atoms with Crippen molar-refractivity contribution in [1.29, 1.82) is 0 Å².